The molecule has 0 spiro atoms. The minimum absolute atomic E-state index is 0.669. The normalized spacial score (nSPS) is 30.4. The van der Waals surface area contributed by atoms with E-state index in [2.05, 4.69) is 37.9 Å². The SMILES string of the molecule is CCNC(C)CCN1CC(C)CC(C)C1. The van der Waals surface area contributed by atoms with Gasteiger partial charge in [0.15, 0.2) is 0 Å². The van der Waals surface area contributed by atoms with Crippen LogP contribution in [-0.4, -0.2) is 37.1 Å². The van der Waals surface area contributed by atoms with Crippen molar-refractivity contribution in [3.05, 3.63) is 0 Å². The second-order valence-electron chi connectivity index (χ2n) is 5.45. The molecule has 1 saturated heterocycles. The van der Waals surface area contributed by atoms with Gasteiger partial charge in [-0.05, 0) is 44.7 Å². The molecular weight excluding hydrogens is 184 g/mol. The maximum absolute atomic E-state index is 3.48. The predicted molar refractivity (Wildman–Crippen MR) is 67.1 cm³/mol. The van der Waals surface area contributed by atoms with E-state index in [0.29, 0.717) is 6.04 Å². The Bertz CT molecular complexity index is 160. The minimum Gasteiger partial charge on any atom is -0.314 e. The third-order valence-electron chi connectivity index (χ3n) is 3.38. The number of rotatable bonds is 5. The Morgan fingerprint density at radius 1 is 1.27 bits per heavy atom. The average Bonchev–Trinajstić information content (AvgIpc) is 2.14. The number of piperidine rings is 1. The van der Waals surface area contributed by atoms with E-state index in [4.69, 9.17) is 0 Å². The fourth-order valence-electron chi connectivity index (χ4n) is 2.80. The third kappa shape index (κ3) is 4.98. The summed E-state index contributed by atoms with van der Waals surface area (Å²) in [6, 6.07) is 0.669. The molecule has 1 rings (SSSR count). The van der Waals surface area contributed by atoms with Crippen LogP contribution in [0.5, 0.6) is 0 Å². The molecule has 1 fully saturated rings. The summed E-state index contributed by atoms with van der Waals surface area (Å²) in [6.45, 7) is 14.2. The van der Waals surface area contributed by atoms with Crippen LogP contribution in [0.3, 0.4) is 0 Å². The summed E-state index contributed by atoms with van der Waals surface area (Å²) in [5, 5.41) is 3.48. The molecule has 3 unspecified atom stereocenters. The average molecular weight is 212 g/mol. The van der Waals surface area contributed by atoms with Crippen molar-refractivity contribution in [3.8, 4) is 0 Å². The standard InChI is InChI=1S/C13H28N2/c1-5-14-13(4)6-7-15-9-11(2)8-12(3)10-15/h11-14H,5-10H2,1-4H3. The quantitative estimate of drug-likeness (QED) is 0.752. The van der Waals surface area contributed by atoms with E-state index >= 15 is 0 Å². The summed E-state index contributed by atoms with van der Waals surface area (Å²) in [4.78, 5) is 2.65. The molecule has 0 aliphatic carbocycles. The zero-order chi connectivity index (χ0) is 11.3. The smallest absolute Gasteiger partial charge is 0.00507 e. The molecule has 1 aliphatic heterocycles. The van der Waals surface area contributed by atoms with Gasteiger partial charge in [-0.1, -0.05) is 20.8 Å². The van der Waals surface area contributed by atoms with Gasteiger partial charge >= 0.3 is 0 Å². The zero-order valence-corrected chi connectivity index (χ0v) is 10.9. The molecule has 2 heteroatoms. The second kappa shape index (κ2) is 6.49. The highest BCUT2D eigenvalue weighted by Gasteiger charge is 2.21. The Morgan fingerprint density at radius 3 is 2.40 bits per heavy atom. The summed E-state index contributed by atoms with van der Waals surface area (Å²) in [5.74, 6) is 1.78. The molecule has 0 bridgehead atoms. The van der Waals surface area contributed by atoms with Crippen LogP contribution >= 0.6 is 0 Å². The van der Waals surface area contributed by atoms with E-state index in [-0.39, 0.29) is 0 Å². The molecule has 15 heavy (non-hydrogen) atoms. The van der Waals surface area contributed by atoms with Crippen LogP contribution < -0.4 is 5.32 Å². The molecular formula is C13H28N2. The van der Waals surface area contributed by atoms with Crippen molar-refractivity contribution < 1.29 is 0 Å². The van der Waals surface area contributed by atoms with Crippen molar-refractivity contribution in [2.24, 2.45) is 11.8 Å². The lowest BCUT2D eigenvalue weighted by Gasteiger charge is -2.35. The van der Waals surface area contributed by atoms with Gasteiger partial charge in [-0.25, -0.2) is 0 Å². The maximum atomic E-state index is 3.48. The van der Waals surface area contributed by atoms with Crippen LogP contribution in [0.4, 0.5) is 0 Å². The van der Waals surface area contributed by atoms with Crippen LogP contribution in [0.15, 0.2) is 0 Å². The summed E-state index contributed by atoms with van der Waals surface area (Å²) < 4.78 is 0. The number of likely N-dealkylation sites (tertiary alicyclic amines) is 1. The Kier molecular flexibility index (Phi) is 5.62. The lowest BCUT2D eigenvalue weighted by Crippen LogP contribution is -2.41. The van der Waals surface area contributed by atoms with Gasteiger partial charge in [-0.3, -0.25) is 0 Å². The second-order valence-corrected chi connectivity index (χ2v) is 5.45. The first-order chi connectivity index (χ1) is 7.11. The highest BCUT2D eigenvalue weighted by Crippen LogP contribution is 2.20. The van der Waals surface area contributed by atoms with E-state index in [1.165, 1.54) is 32.5 Å². The molecule has 0 amide bonds. The molecule has 1 N–H and O–H groups in total. The summed E-state index contributed by atoms with van der Waals surface area (Å²) >= 11 is 0. The van der Waals surface area contributed by atoms with Crippen molar-refractivity contribution >= 4 is 0 Å². The number of nitrogens with one attached hydrogen (secondary N) is 1. The van der Waals surface area contributed by atoms with Gasteiger partial charge in [0.05, 0.1) is 0 Å². The van der Waals surface area contributed by atoms with Crippen LogP contribution in [0.1, 0.15) is 40.5 Å². The number of hydrogen-bond donors (Lipinski definition) is 1. The molecule has 1 heterocycles. The van der Waals surface area contributed by atoms with Gasteiger partial charge in [0.2, 0.25) is 0 Å². The van der Waals surface area contributed by atoms with Crippen molar-refractivity contribution in [2.45, 2.75) is 46.6 Å². The topological polar surface area (TPSA) is 15.3 Å². The molecule has 2 nitrogen and oxygen atoms in total. The van der Waals surface area contributed by atoms with E-state index < -0.39 is 0 Å². The first kappa shape index (κ1) is 13.0. The lowest BCUT2D eigenvalue weighted by molar-refractivity contribution is 0.136. The summed E-state index contributed by atoms with van der Waals surface area (Å²) in [5.41, 5.74) is 0. The van der Waals surface area contributed by atoms with E-state index in [1.54, 1.807) is 0 Å². The van der Waals surface area contributed by atoms with Gasteiger partial charge in [-0.15, -0.1) is 0 Å². The highest BCUT2D eigenvalue weighted by atomic mass is 15.1. The minimum atomic E-state index is 0.669. The third-order valence-corrected chi connectivity index (χ3v) is 3.38. The van der Waals surface area contributed by atoms with Gasteiger partial charge in [-0.2, -0.15) is 0 Å². The maximum Gasteiger partial charge on any atom is 0.00507 e. The molecule has 0 aromatic rings. The highest BCUT2D eigenvalue weighted by molar-refractivity contribution is 4.75. The van der Waals surface area contributed by atoms with Crippen molar-refractivity contribution in [1.29, 1.82) is 0 Å². The molecule has 0 saturated carbocycles. The van der Waals surface area contributed by atoms with E-state index in [9.17, 15) is 0 Å². The number of nitrogens with zero attached hydrogens (tertiary/aromatic N) is 1. The van der Waals surface area contributed by atoms with Crippen LogP contribution in [0.2, 0.25) is 0 Å². The van der Waals surface area contributed by atoms with Gasteiger partial charge < -0.3 is 10.2 Å². The molecule has 0 aromatic heterocycles. The molecule has 1 aliphatic rings. The van der Waals surface area contributed by atoms with Crippen LogP contribution in [0, 0.1) is 11.8 Å². The molecule has 0 radical (unpaired) electrons. The lowest BCUT2D eigenvalue weighted by atomic mass is 9.92. The van der Waals surface area contributed by atoms with Crippen LogP contribution in [0.25, 0.3) is 0 Å². The first-order valence-electron chi connectivity index (χ1n) is 6.57. The predicted octanol–water partition coefficient (Wildman–Crippen LogP) is 2.35. The summed E-state index contributed by atoms with van der Waals surface area (Å²) in [6.07, 6.45) is 2.70. The monoisotopic (exact) mass is 212 g/mol. The molecule has 3 atom stereocenters. The van der Waals surface area contributed by atoms with Crippen molar-refractivity contribution in [3.63, 3.8) is 0 Å². The summed E-state index contributed by atoms with van der Waals surface area (Å²) in [7, 11) is 0. The van der Waals surface area contributed by atoms with Gasteiger partial charge in [0, 0.05) is 19.1 Å². The fourth-order valence-corrected chi connectivity index (χ4v) is 2.80. The fraction of sp³-hybridized carbons (Fsp3) is 1.00. The molecule has 0 aromatic carbocycles. The van der Waals surface area contributed by atoms with E-state index in [0.717, 1.165) is 18.4 Å². The Balaban J connectivity index is 2.20. The largest absolute Gasteiger partial charge is 0.314 e. The van der Waals surface area contributed by atoms with Crippen LogP contribution in [-0.2, 0) is 0 Å². The Morgan fingerprint density at radius 2 is 1.87 bits per heavy atom. The number of hydrogen-bond acceptors (Lipinski definition) is 2. The Labute approximate surface area is 95.4 Å². The van der Waals surface area contributed by atoms with Crippen molar-refractivity contribution in [1.82, 2.24) is 10.2 Å². The Hall–Kier alpha value is -0.0800. The van der Waals surface area contributed by atoms with Gasteiger partial charge in [0.1, 0.15) is 0 Å². The zero-order valence-electron chi connectivity index (χ0n) is 10.9. The van der Waals surface area contributed by atoms with E-state index in [1.807, 2.05) is 0 Å². The molecule has 90 valence electrons. The van der Waals surface area contributed by atoms with Gasteiger partial charge in [0.25, 0.3) is 0 Å². The first-order valence-corrected chi connectivity index (χ1v) is 6.57. The van der Waals surface area contributed by atoms with Crippen molar-refractivity contribution in [2.75, 3.05) is 26.2 Å².